The monoisotopic (exact) mass is 558 g/mol. The summed E-state index contributed by atoms with van der Waals surface area (Å²) in [5, 5.41) is 22.4. The molecule has 1 heterocycles. The van der Waals surface area contributed by atoms with Gasteiger partial charge in [-0.15, -0.1) is 9.24 Å². The summed E-state index contributed by atoms with van der Waals surface area (Å²) in [4.78, 5) is 42.2. The molecule has 40 heavy (non-hydrogen) atoms. The summed E-state index contributed by atoms with van der Waals surface area (Å²) >= 11 is 0. The lowest BCUT2D eigenvalue weighted by Gasteiger charge is -2.23. The molecule has 0 saturated heterocycles. The number of carbonyl (C=O) groups excluding carboxylic acids is 2. The van der Waals surface area contributed by atoms with Crippen LogP contribution in [0.2, 0.25) is 0 Å². The number of carbonyl (C=O) groups is 3. The van der Waals surface area contributed by atoms with Gasteiger partial charge < -0.3 is 20.3 Å². The topological polar surface area (TPSA) is 126 Å². The van der Waals surface area contributed by atoms with Gasteiger partial charge in [0, 0.05) is 17.0 Å². The summed E-state index contributed by atoms with van der Waals surface area (Å²) in [5.41, 5.74) is 3.74. The second kappa shape index (κ2) is 11.8. The molecular weight excluding hydrogens is 527 g/mol. The average Bonchev–Trinajstić information content (AvgIpc) is 2.96. The van der Waals surface area contributed by atoms with Crippen molar-refractivity contribution in [2.24, 2.45) is 0 Å². The first-order valence-electron chi connectivity index (χ1n) is 12.8. The van der Waals surface area contributed by atoms with Crippen molar-refractivity contribution in [3.8, 4) is 16.9 Å². The number of fused-ring (bicyclic) bond motifs is 1. The summed E-state index contributed by atoms with van der Waals surface area (Å²) in [6.45, 7) is 4.28. The van der Waals surface area contributed by atoms with Crippen LogP contribution in [0.25, 0.3) is 22.0 Å². The summed E-state index contributed by atoms with van der Waals surface area (Å²) in [6.07, 6.45) is 1.07. The minimum atomic E-state index is -1.20. The number of rotatable bonds is 9. The number of carboxylic acids is 1. The number of aromatic carboxylic acids is 1. The number of pyridine rings is 1. The van der Waals surface area contributed by atoms with E-state index >= 15 is 0 Å². The van der Waals surface area contributed by atoms with Crippen molar-refractivity contribution < 1.29 is 29.3 Å². The molecule has 3 unspecified atom stereocenters. The number of amides is 1. The summed E-state index contributed by atoms with van der Waals surface area (Å²) < 4.78 is 4.85. The Kier molecular flexibility index (Phi) is 8.50. The van der Waals surface area contributed by atoms with Crippen molar-refractivity contribution in [1.29, 1.82) is 0 Å². The van der Waals surface area contributed by atoms with Crippen molar-refractivity contribution in [2.45, 2.75) is 37.9 Å². The highest BCUT2D eigenvalue weighted by Crippen LogP contribution is 2.35. The number of nitrogens with one attached hydrogen (secondary N) is 1. The maximum atomic E-state index is 13.1. The minimum absolute atomic E-state index is 0.0315. The maximum Gasteiger partial charge on any atom is 0.336 e. The van der Waals surface area contributed by atoms with E-state index in [2.05, 4.69) is 45.5 Å². The molecule has 3 atom stereocenters. The van der Waals surface area contributed by atoms with E-state index in [-0.39, 0.29) is 28.6 Å². The SMILES string of the molecule is CCC(C)(P)c1ccc(-c2ccc3nc(C(=O)NC(Cc4ccc(O)cc4)C(=O)OC)cc(C(=O)O)c3c2)cc1. The van der Waals surface area contributed by atoms with Crippen LogP contribution in [0, 0.1) is 0 Å². The van der Waals surface area contributed by atoms with Gasteiger partial charge in [-0.3, -0.25) is 4.79 Å². The number of aromatic hydroxyl groups is 1. The highest BCUT2D eigenvalue weighted by Gasteiger charge is 2.25. The van der Waals surface area contributed by atoms with E-state index in [0.29, 0.717) is 16.5 Å². The van der Waals surface area contributed by atoms with Gasteiger partial charge in [0.2, 0.25) is 0 Å². The molecule has 8 nitrogen and oxygen atoms in total. The number of hydrogen-bond donors (Lipinski definition) is 3. The number of carboxylic acid groups (broad SMARTS) is 1. The molecular formula is C31H31N2O6P. The Morgan fingerprint density at radius 2 is 1.65 bits per heavy atom. The molecule has 9 heteroatoms. The number of ether oxygens (including phenoxy) is 1. The van der Waals surface area contributed by atoms with Crippen molar-refractivity contribution >= 4 is 38.0 Å². The van der Waals surface area contributed by atoms with Gasteiger partial charge in [-0.25, -0.2) is 14.6 Å². The lowest BCUT2D eigenvalue weighted by Crippen LogP contribution is -2.43. The van der Waals surface area contributed by atoms with Crippen molar-refractivity contribution in [3.05, 3.63) is 95.2 Å². The zero-order valence-corrected chi connectivity index (χ0v) is 23.6. The predicted octanol–water partition coefficient (Wildman–Crippen LogP) is 5.32. The number of benzene rings is 3. The Labute approximate surface area is 234 Å². The smallest absolute Gasteiger partial charge is 0.336 e. The largest absolute Gasteiger partial charge is 0.508 e. The van der Waals surface area contributed by atoms with E-state index in [4.69, 9.17) is 4.74 Å². The first-order valence-corrected chi connectivity index (χ1v) is 13.3. The van der Waals surface area contributed by atoms with Crippen molar-refractivity contribution in [2.75, 3.05) is 7.11 Å². The predicted molar refractivity (Wildman–Crippen MR) is 157 cm³/mol. The molecule has 0 aliphatic rings. The lowest BCUT2D eigenvalue weighted by atomic mass is 9.94. The quantitative estimate of drug-likeness (QED) is 0.188. The van der Waals surface area contributed by atoms with E-state index in [1.54, 1.807) is 24.3 Å². The molecule has 0 saturated carbocycles. The normalized spacial score (nSPS) is 13.3. The van der Waals surface area contributed by atoms with Gasteiger partial charge in [-0.1, -0.05) is 56.3 Å². The first kappa shape index (κ1) is 28.7. The van der Waals surface area contributed by atoms with Crippen LogP contribution in [0.15, 0.2) is 72.8 Å². The zero-order chi connectivity index (χ0) is 29.0. The molecule has 206 valence electrons. The van der Waals surface area contributed by atoms with Crippen LogP contribution in [0.5, 0.6) is 5.75 Å². The van der Waals surface area contributed by atoms with Crippen LogP contribution in [-0.2, 0) is 21.1 Å². The fourth-order valence-electron chi connectivity index (χ4n) is 4.38. The van der Waals surface area contributed by atoms with E-state index < -0.39 is 23.9 Å². The van der Waals surface area contributed by atoms with Crippen LogP contribution in [-0.4, -0.2) is 46.2 Å². The third-order valence-electron chi connectivity index (χ3n) is 7.05. The molecule has 0 radical (unpaired) electrons. The number of phenols is 1. The van der Waals surface area contributed by atoms with Gasteiger partial charge in [-0.05, 0) is 59.0 Å². The number of methoxy groups -OCH3 is 1. The number of hydrogen-bond acceptors (Lipinski definition) is 6. The van der Waals surface area contributed by atoms with Crippen LogP contribution >= 0.6 is 9.24 Å². The summed E-state index contributed by atoms with van der Waals surface area (Å²) in [5.74, 6) is -2.51. The third-order valence-corrected chi connectivity index (χ3v) is 7.79. The fourth-order valence-corrected chi connectivity index (χ4v) is 4.57. The third kappa shape index (κ3) is 6.29. The van der Waals surface area contributed by atoms with Crippen LogP contribution in [0.1, 0.15) is 52.2 Å². The Morgan fingerprint density at radius 1 is 1.00 bits per heavy atom. The standard InChI is InChI=1S/C31H31N2O6P/c1-4-31(2,40)21-10-7-19(8-11-21)20-9-14-25-23(16-20)24(29(36)37)17-26(32-25)28(35)33-27(30(38)39-3)15-18-5-12-22(34)13-6-18/h5-14,16-17,27,34H,4,15,40H2,1-3H3,(H,33,35)(H,36,37). The van der Waals surface area contributed by atoms with Gasteiger partial charge in [0.15, 0.2) is 0 Å². The Bertz CT molecular complexity index is 1570. The Hall–Kier alpha value is -4.29. The molecule has 3 aromatic carbocycles. The molecule has 4 rings (SSSR count). The molecule has 4 aromatic rings. The molecule has 1 amide bonds. The van der Waals surface area contributed by atoms with Crippen LogP contribution < -0.4 is 5.32 Å². The van der Waals surface area contributed by atoms with Crippen molar-refractivity contribution in [3.63, 3.8) is 0 Å². The fraction of sp³-hybridized carbons (Fsp3) is 0.226. The molecule has 0 bridgehead atoms. The molecule has 3 N–H and O–H groups in total. The number of esters is 1. The average molecular weight is 559 g/mol. The Morgan fingerprint density at radius 3 is 2.25 bits per heavy atom. The van der Waals surface area contributed by atoms with E-state index in [9.17, 15) is 24.6 Å². The lowest BCUT2D eigenvalue weighted by molar-refractivity contribution is -0.142. The second-order valence-electron chi connectivity index (χ2n) is 9.86. The molecule has 0 aliphatic carbocycles. The van der Waals surface area contributed by atoms with E-state index in [0.717, 1.165) is 17.5 Å². The van der Waals surface area contributed by atoms with Gasteiger partial charge in [0.1, 0.15) is 17.5 Å². The van der Waals surface area contributed by atoms with Gasteiger partial charge in [0.05, 0.1) is 18.2 Å². The number of aromatic nitrogens is 1. The molecule has 0 aliphatic heterocycles. The number of phenolic OH excluding ortho intramolecular Hbond substituents is 1. The van der Waals surface area contributed by atoms with Crippen molar-refractivity contribution in [1.82, 2.24) is 10.3 Å². The number of nitrogens with zero attached hydrogens (tertiary/aromatic N) is 1. The summed E-state index contributed by atoms with van der Waals surface area (Å²) in [6, 6.07) is 19.8. The summed E-state index contributed by atoms with van der Waals surface area (Å²) in [7, 11) is 4.10. The van der Waals surface area contributed by atoms with Gasteiger partial charge >= 0.3 is 11.9 Å². The highest BCUT2D eigenvalue weighted by molar-refractivity contribution is 7.18. The van der Waals surface area contributed by atoms with Crippen LogP contribution in [0.4, 0.5) is 0 Å². The van der Waals surface area contributed by atoms with Gasteiger partial charge in [0.25, 0.3) is 5.91 Å². The molecule has 0 spiro atoms. The molecule has 0 fully saturated rings. The van der Waals surface area contributed by atoms with E-state index in [1.807, 2.05) is 18.2 Å². The maximum absolute atomic E-state index is 13.1. The minimum Gasteiger partial charge on any atom is -0.508 e. The second-order valence-corrected chi connectivity index (χ2v) is 11.1. The molecule has 1 aromatic heterocycles. The Balaban J connectivity index is 1.65. The van der Waals surface area contributed by atoms with Crippen LogP contribution in [0.3, 0.4) is 0 Å². The van der Waals surface area contributed by atoms with Gasteiger partial charge in [-0.2, -0.15) is 0 Å². The zero-order valence-electron chi connectivity index (χ0n) is 22.5. The van der Waals surface area contributed by atoms with E-state index in [1.165, 1.54) is 30.9 Å². The first-order chi connectivity index (χ1) is 19.0. The highest BCUT2D eigenvalue weighted by atomic mass is 31.0.